The number of thioether (sulfide) groups is 1. The van der Waals surface area contributed by atoms with E-state index in [9.17, 15) is 13.6 Å². The van der Waals surface area contributed by atoms with E-state index in [-0.39, 0.29) is 11.7 Å². The molecular weight excluding hydrogens is 370 g/mol. The molecule has 4 nitrogen and oxygen atoms in total. The molecule has 138 valence electrons. The zero-order valence-electron chi connectivity index (χ0n) is 14.2. The topological polar surface area (TPSA) is 51.2 Å². The lowest BCUT2D eigenvalue weighted by Gasteiger charge is -2.09. The number of rotatable bonds is 7. The Balaban J connectivity index is 1.52. The van der Waals surface area contributed by atoms with Gasteiger partial charge >= 0.3 is 0 Å². The van der Waals surface area contributed by atoms with E-state index in [1.54, 1.807) is 30.5 Å². The van der Waals surface area contributed by atoms with Crippen molar-refractivity contribution in [3.63, 3.8) is 0 Å². The normalized spacial score (nSPS) is 10.4. The standard InChI is InChI=1S/C20H16F2N2O2S/c21-18-8-7-17(11-19(18)22)27-13-20(25)24-14-5-3-6-16(10-14)26-12-15-4-1-2-9-23-15/h1-11H,12-13H2,(H,24,25). The van der Waals surface area contributed by atoms with Crippen LogP contribution in [0.3, 0.4) is 0 Å². The van der Waals surface area contributed by atoms with Crippen molar-refractivity contribution < 1.29 is 18.3 Å². The maximum Gasteiger partial charge on any atom is 0.234 e. The van der Waals surface area contributed by atoms with E-state index in [0.717, 1.165) is 29.6 Å². The van der Waals surface area contributed by atoms with E-state index in [4.69, 9.17) is 4.74 Å². The number of amides is 1. The minimum Gasteiger partial charge on any atom is -0.487 e. The molecule has 3 aromatic rings. The van der Waals surface area contributed by atoms with E-state index >= 15 is 0 Å². The third-order valence-corrected chi connectivity index (χ3v) is 4.49. The average Bonchev–Trinajstić information content (AvgIpc) is 2.68. The van der Waals surface area contributed by atoms with Crippen LogP contribution in [0.2, 0.25) is 0 Å². The summed E-state index contributed by atoms with van der Waals surface area (Å²) >= 11 is 1.12. The molecule has 0 atom stereocenters. The molecule has 1 amide bonds. The smallest absolute Gasteiger partial charge is 0.234 e. The summed E-state index contributed by atoms with van der Waals surface area (Å²) in [4.78, 5) is 16.7. The maximum atomic E-state index is 13.2. The summed E-state index contributed by atoms with van der Waals surface area (Å²) in [5, 5.41) is 2.75. The Morgan fingerprint density at radius 1 is 1.04 bits per heavy atom. The minimum atomic E-state index is -0.932. The van der Waals surface area contributed by atoms with Crippen molar-refractivity contribution in [2.75, 3.05) is 11.1 Å². The second-order valence-corrected chi connectivity index (χ2v) is 6.60. The molecule has 1 heterocycles. The fourth-order valence-corrected chi connectivity index (χ4v) is 2.94. The number of benzene rings is 2. The van der Waals surface area contributed by atoms with Crippen LogP contribution in [0.25, 0.3) is 0 Å². The number of nitrogens with one attached hydrogen (secondary N) is 1. The van der Waals surface area contributed by atoms with Crippen molar-refractivity contribution in [1.82, 2.24) is 4.98 Å². The summed E-state index contributed by atoms with van der Waals surface area (Å²) in [6.45, 7) is 0.324. The predicted molar refractivity (Wildman–Crippen MR) is 101 cm³/mol. The Kier molecular flexibility index (Phi) is 6.38. The van der Waals surface area contributed by atoms with Gasteiger partial charge in [-0.25, -0.2) is 8.78 Å². The summed E-state index contributed by atoms with van der Waals surface area (Å²) < 4.78 is 31.8. The van der Waals surface area contributed by atoms with Crippen LogP contribution in [0, 0.1) is 11.6 Å². The van der Waals surface area contributed by atoms with Crippen LogP contribution in [0.5, 0.6) is 5.75 Å². The number of carbonyl (C=O) groups is 1. The third kappa shape index (κ3) is 5.79. The number of nitrogens with zero attached hydrogens (tertiary/aromatic N) is 1. The molecule has 0 radical (unpaired) electrons. The summed E-state index contributed by atoms with van der Waals surface area (Å²) in [5.74, 6) is -1.42. The summed E-state index contributed by atoms with van der Waals surface area (Å²) in [5.41, 5.74) is 1.39. The Morgan fingerprint density at radius 3 is 2.70 bits per heavy atom. The number of carbonyl (C=O) groups excluding carboxylic acids is 1. The second-order valence-electron chi connectivity index (χ2n) is 5.55. The number of pyridine rings is 1. The quantitative estimate of drug-likeness (QED) is 0.600. The van der Waals surface area contributed by atoms with Crippen molar-refractivity contribution in [1.29, 1.82) is 0 Å². The van der Waals surface area contributed by atoms with Crippen molar-refractivity contribution >= 4 is 23.4 Å². The van der Waals surface area contributed by atoms with Gasteiger partial charge in [0.25, 0.3) is 0 Å². The Bertz CT molecular complexity index is 923. The van der Waals surface area contributed by atoms with Gasteiger partial charge in [0.1, 0.15) is 12.4 Å². The third-order valence-electron chi connectivity index (χ3n) is 3.49. The zero-order chi connectivity index (χ0) is 19.1. The highest BCUT2D eigenvalue weighted by atomic mass is 32.2. The van der Waals surface area contributed by atoms with Crippen LogP contribution in [-0.4, -0.2) is 16.6 Å². The molecule has 27 heavy (non-hydrogen) atoms. The van der Waals surface area contributed by atoms with E-state index in [1.165, 1.54) is 6.07 Å². The number of ether oxygens (including phenoxy) is 1. The molecule has 0 fully saturated rings. The number of aromatic nitrogens is 1. The fraction of sp³-hybridized carbons (Fsp3) is 0.100. The van der Waals surface area contributed by atoms with Crippen molar-refractivity contribution in [2.45, 2.75) is 11.5 Å². The van der Waals surface area contributed by atoms with E-state index in [0.29, 0.717) is 22.9 Å². The number of anilines is 1. The van der Waals surface area contributed by atoms with Crippen LogP contribution >= 0.6 is 11.8 Å². The number of hydrogen-bond acceptors (Lipinski definition) is 4. The van der Waals surface area contributed by atoms with Gasteiger partial charge in [0, 0.05) is 22.8 Å². The first-order valence-corrected chi connectivity index (χ1v) is 9.09. The highest BCUT2D eigenvalue weighted by molar-refractivity contribution is 8.00. The van der Waals surface area contributed by atoms with Gasteiger partial charge in [0.05, 0.1) is 11.4 Å². The molecule has 0 aliphatic heterocycles. The molecule has 2 aromatic carbocycles. The van der Waals surface area contributed by atoms with Gasteiger partial charge in [0.15, 0.2) is 11.6 Å². The van der Waals surface area contributed by atoms with Gasteiger partial charge in [-0.05, 0) is 42.5 Å². The van der Waals surface area contributed by atoms with Crippen molar-refractivity contribution in [3.05, 3.63) is 84.2 Å². The van der Waals surface area contributed by atoms with Crippen LogP contribution in [0.4, 0.5) is 14.5 Å². The first-order valence-electron chi connectivity index (χ1n) is 8.10. The number of hydrogen-bond donors (Lipinski definition) is 1. The molecule has 1 N–H and O–H groups in total. The molecule has 0 saturated heterocycles. The summed E-state index contributed by atoms with van der Waals surface area (Å²) in [7, 11) is 0. The van der Waals surface area contributed by atoms with Crippen molar-refractivity contribution in [3.8, 4) is 5.75 Å². The lowest BCUT2D eigenvalue weighted by atomic mass is 10.3. The summed E-state index contributed by atoms with van der Waals surface area (Å²) in [6, 6.07) is 16.1. The molecule has 0 aliphatic carbocycles. The predicted octanol–water partition coefficient (Wildman–Crippen LogP) is 4.67. The fourth-order valence-electron chi connectivity index (χ4n) is 2.22. The van der Waals surface area contributed by atoms with E-state index in [1.807, 2.05) is 18.2 Å². The minimum absolute atomic E-state index is 0.0735. The monoisotopic (exact) mass is 386 g/mol. The van der Waals surface area contributed by atoms with Crippen molar-refractivity contribution in [2.24, 2.45) is 0 Å². The van der Waals surface area contributed by atoms with Crippen LogP contribution in [0.15, 0.2) is 71.8 Å². The van der Waals surface area contributed by atoms with Gasteiger partial charge in [-0.1, -0.05) is 12.1 Å². The van der Waals surface area contributed by atoms with Crippen LogP contribution in [-0.2, 0) is 11.4 Å². The lowest BCUT2D eigenvalue weighted by Crippen LogP contribution is -2.14. The summed E-state index contributed by atoms with van der Waals surface area (Å²) in [6.07, 6.45) is 1.69. The Labute approximate surface area is 159 Å². The average molecular weight is 386 g/mol. The zero-order valence-corrected chi connectivity index (χ0v) is 15.0. The molecular formula is C20H16F2N2O2S. The maximum absolute atomic E-state index is 13.2. The highest BCUT2D eigenvalue weighted by Crippen LogP contribution is 2.22. The van der Waals surface area contributed by atoms with Gasteiger partial charge in [-0.3, -0.25) is 9.78 Å². The second kappa shape index (κ2) is 9.14. The lowest BCUT2D eigenvalue weighted by molar-refractivity contribution is -0.113. The molecule has 0 saturated carbocycles. The van der Waals surface area contributed by atoms with Gasteiger partial charge in [0.2, 0.25) is 5.91 Å². The molecule has 3 rings (SSSR count). The Hall–Kier alpha value is -2.93. The first kappa shape index (κ1) is 18.8. The number of halogens is 2. The first-order chi connectivity index (χ1) is 13.1. The molecule has 0 bridgehead atoms. The molecule has 0 spiro atoms. The Morgan fingerprint density at radius 2 is 1.93 bits per heavy atom. The SMILES string of the molecule is O=C(CSc1ccc(F)c(F)c1)Nc1cccc(OCc2ccccn2)c1. The van der Waals surface area contributed by atoms with E-state index < -0.39 is 11.6 Å². The molecule has 0 aliphatic rings. The van der Waals surface area contributed by atoms with Gasteiger partial charge < -0.3 is 10.1 Å². The van der Waals surface area contributed by atoms with Crippen LogP contribution in [0.1, 0.15) is 5.69 Å². The largest absolute Gasteiger partial charge is 0.487 e. The molecule has 7 heteroatoms. The van der Waals surface area contributed by atoms with Gasteiger partial charge in [-0.2, -0.15) is 0 Å². The van der Waals surface area contributed by atoms with Crippen LogP contribution < -0.4 is 10.1 Å². The highest BCUT2D eigenvalue weighted by Gasteiger charge is 2.07. The molecule has 1 aromatic heterocycles. The van der Waals surface area contributed by atoms with Gasteiger partial charge in [-0.15, -0.1) is 11.8 Å². The van der Waals surface area contributed by atoms with E-state index in [2.05, 4.69) is 10.3 Å². The molecule has 0 unspecified atom stereocenters.